The van der Waals surface area contributed by atoms with Gasteiger partial charge in [0.1, 0.15) is 12.3 Å². The molecule has 0 aromatic carbocycles. The van der Waals surface area contributed by atoms with Crippen molar-refractivity contribution in [2.24, 2.45) is 0 Å². The highest BCUT2D eigenvalue weighted by Gasteiger charge is 2.25. The maximum Gasteiger partial charge on any atom is 0.323 e. The number of hydrogen-bond acceptors (Lipinski definition) is 4. The summed E-state index contributed by atoms with van der Waals surface area (Å²) in [6.45, 7) is -0.333. The van der Waals surface area contributed by atoms with Crippen molar-refractivity contribution >= 4 is 11.9 Å². The van der Waals surface area contributed by atoms with E-state index in [1.54, 1.807) is 0 Å². The van der Waals surface area contributed by atoms with Crippen molar-refractivity contribution in [1.82, 2.24) is 10.1 Å². The molecule has 18 heavy (non-hydrogen) atoms. The summed E-state index contributed by atoms with van der Waals surface area (Å²) < 4.78 is 5.20. The number of hydrogen-bond donors (Lipinski definition) is 1. The molecule has 98 valence electrons. The Hall–Kier alpha value is -1.85. The van der Waals surface area contributed by atoms with Gasteiger partial charge in [0, 0.05) is 19.0 Å². The van der Waals surface area contributed by atoms with Gasteiger partial charge in [-0.2, -0.15) is 0 Å². The van der Waals surface area contributed by atoms with E-state index >= 15 is 0 Å². The first-order valence-corrected chi connectivity index (χ1v) is 6.04. The largest absolute Gasteiger partial charge is 0.480 e. The molecule has 1 aliphatic rings. The summed E-state index contributed by atoms with van der Waals surface area (Å²) in [6, 6.07) is 0. The normalized spacial score (nSPS) is 14.7. The minimum Gasteiger partial charge on any atom is -0.480 e. The van der Waals surface area contributed by atoms with Crippen LogP contribution in [0.5, 0.6) is 0 Å². The summed E-state index contributed by atoms with van der Waals surface area (Å²) in [4.78, 5) is 23.8. The summed E-state index contributed by atoms with van der Waals surface area (Å²) in [7, 11) is 1.45. The Balaban J connectivity index is 2.20. The van der Waals surface area contributed by atoms with E-state index < -0.39 is 5.97 Å². The van der Waals surface area contributed by atoms with Crippen molar-refractivity contribution in [3.05, 3.63) is 17.0 Å². The second kappa shape index (κ2) is 5.20. The van der Waals surface area contributed by atoms with Crippen LogP contribution in [-0.2, 0) is 17.6 Å². The van der Waals surface area contributed by atoms with Gasteiger partial charge in [0.05, 0.1) is 0 Å². The van der Waals surface area contributed by atoms with E-state index in [0.717, 1.165) is 48.3 Å². The molecule has 0 bridgehead atoms. The standard InChI is InChI=1S/C12H16N2O4/c1-14(7-10(15)16)12(17)11-8-5-3-2-4-6-9(8)18-13-11/h2-7H2,1H3,(H,15,16). The Bertz CT molecular complexity index is 467. The molecular weight excluding hydrogens is 236 g/mol. The van der Waals surface area contributed by atoms with Crippen LogP contribution in [0.25, 0.3) is 0 Å². The van der Waals surface area contributed by atoms with Crippen molar-refractivity contribution in [1.29, 1.82) is 0 Å². The molecule has 0 saturated heterocycles. The number of carboxylic acid groups (broad SMARTS) is 1. The molecular formula is C12H16N2O4. The fourth-order valence-electron chi connectivity index (χ4n) is 2.19. The molecule has 0 unspecified atom stereocenters. The number of nitrogens with zero attached hydrogens (tertiary/aromatic N) is 2. The molecule has 0 atom stereocenters. The molecule has 0 radical (unpaired) electrons. The lowest BCUT2D eigenvalue weighted by atomic mass is 10.1. The van der Waals surface area contributed by atoms with Gasteiger partial charge in [-0.05, 0) is 19.3 Å². The first-order chi connectivity index (χ1) is 8.59. The number of fused-ring (bicyclic) bond motifs is 1. The van der Waals surface area contributed by atoms with E-state index in [2.05, 4.69) is 5.16 Å². The fraction of sp³-hybridized carbons (Fsp3) is 0.583. The molecule has 0 spiro atoms. The molecule has 0 saturated carbocycles. The Morgan fingerprint density at radius 3 is 2.78 bits per heavy atom. The van der Waals surface area contributed by atoms with Crippen molar-refractivity contribution in [2.75, 3.05) is 13.6 Å². The zero-order valence-electron chi connectivity index (χ0n) is 10.3. The maximum absolute atomic E-state index is 12.1. The molecule has 2 rings (SSSR count). The molecule has 6 nitrogen and oxygen atoms in total. The Morgan fingerprint density at radius 1 is 1.33 bits per heavy atom. The Morgan fingerprint density at radius 2 is 2.06 bits per heavy atom. The molecule has 6 heteroatoms. The maximum atomic E-state index is 12.1. The van der Waals surface area contributed by atoms with Crippen LogP contribution < -0.4 is 0 Å². The molecule has 0 aliphatic heterocycles. The highest BCUT2D eigenvalue weighted by molar-refractivity contribution is 5.95. The second-order valence-corrected chi connectivity index (χ2v) is 4.55. The van der Waals surface area contributed by atoms with Crippen molar-refractivity contribution in [2.45, 2.75) is 32.1 Å². The van der Waals surface area contributed by atoms with Crippen molar-refractivity contribution < 1.29 is 19.2 Å². The first kappa shape index (κ1) is 12.6. The Labute approximate surface area is 105 Å². The average Bonchev–Trinajstić information content (AvgIpc) is 2.56. The van der Waals surface area contributed by atoms with Gasteiger partial charge < -0.3 is 14.5 Å². The van der Waals surface area contributed by atoms with Crippen LogP contribution in [0, 0.1) is 0 Å². The van der Waals surface area contributed by atoms with Crippen LogP contribution in [0.4, 0.5) is 0 Å². The number of carboxylic acids is 1. The molecule has 1 aliphatic carbocycles. The zero-order valence-corrected chi connectivity index (χ0v) is 10.3. The van der Waals surface area contributed by atoms with Gasteiger partial charge in [-0.25, -0.2) is 0 Å². The van der Waals surface area contributed by atoms with E-state index in [1.807, 2.05) is 0 Å². The van der Waals surface area contributed by atoms with Crippen LogP contribution in [0.3, 0.4) is 0 Å². The monoisotopic (exact) mass is 252 g/mol. The lowest BCUT2D eigenvalue weighted by Gasteiger charge is -2.13. The smallest absolute Gasteiger partial charge is 0.323 e. The lowest BCUT2D eigenvalue weighted by Crippen LogP contribution is -2.32. The summed E-state index contributed by atoms with van der Waals surface area (Å²) in [5.41, 5.74) is 1.13. The SMILES string of the molecule is CN(CC(=O)O)C(=O)c1noc2c1CCCCC2. The van der Waals surface area contributed by atoms with E-state index in [0.29, 0.717) is 0 Å². The van der Waals surface area contributed by atoms with Crippen LogP contribution in [0.1, 0.15) is 41.1 Å². The van der Waals surface area contributed by atoms with Gasteiger partial charge in [0.15, 0.2) is 5.69 Å². The number of likely N-dealkylation sites (N-methyl/N-ethyl adjacent to an activating group) is 1. The predicted molar refractivity (Wildman–Crippen MR) is 62.4 cm³/mol. The van der Waals surface area contributed by atoms with Gasteiger partial charge in [0.2, 0.25) is 0 Å². The molecule has 1 aromatic rings. The molecule has 1 heterocycles. The number of aliphatic carboxylic acids is 1. The van der Waals surface area contributed by atoms with Crippen molar-refractivity contribution in [3.63, 3.8) is 0 Å². The van der Waals surface area contributed by atoms with Gasteiger partial charge in [0.25, 0.3) is 5.91 Å². The third-order valence-electron chi connectivity index (χ3n) is 3.12. The first-order valence-electron chi connectivity index (χ1n) is 6.04. The topological polar surface area (TPSA) is 83.6 Å². The quantitative estimate of drug-likeness (QED) is 0.814. The highest BCUT2D eigenvalue weighted by Crippen LogP contribution is 2.24. The third-order valence-corrected chi connectivity index (χ3v) is 3.12. The number of carbonyl (C=O) groups is 2. The molecule has 1 N–H and O–H groups in total. The van der Waals surface area contributed by atoms with Crippen LogP contribution in [0.2, 0.25) is 0 Å². The highest BCUT2D eigenvalue weighted by atomic mass is 16.5. The number of amides is 1. The molecule has 1 amide bonds. The third kappa shape index (κ3) is 2.52. The van der Waals surface area contributed by atoms with E-state index in [1.165, 1.54) is 7.05 Å². The minimum absolute atomic E-state index is 0.274. The molecule has 0 fully saturated rings. The Kier molecular flexibility index (Phi) is 3.64. The summed E-state index contributed by atoms with van der Waals surface area (Å²) in [6.07, 6.45) is 4.75. The van der Waals surface area contributed by atoms with Gasteiger partial charge in [-0.15, -0.1) is 0 Å². The second-order valence-electron chi connectivity index (χ2n) is 4.55. The summed E-state index contributed by atoms with van der Waals surface area (Å²) in [5.74, 6) is -0.649. The van der Waals surface area contributed by atoms with E-state index in [9.17, 15) is 9.59 Å². The number of rotatable bonds is 3. The summed E-state index contributed by atoms with van der Waals surface area (Å²) in [5, 5.41) is 12.5. The molecule has 1 aromatic heterocycles. The van der Waals surface area contributed by atoms with Crippen LogP contribution in [0.15, 0.2) is 4.52 Å². The fourth-order valence-corrected chi connectivity index (χ4v) is 2.19. The predicted octanol–water partition coefficient (Wildman–Crippen LogP) is 1.10. The number of aromatic nitrogens is 1. The average molecular weight is 252 g/mol. The van der Waals surface area contributed by atoms with Gasteiger partial charge >= 0.3 is 5.97 Å². The zero-order chi connectivity index (χ0) is 13.1. The van der Waals surface area contributed by atoms with E-state index in [-0.39, 0.29) is 18.1 Å². The van der Waals surface area contributed by atoms with E-state index in [4.69, 9.17) is 9.63 Å². The van der Waals surface area contributed by atoms with Crippen molar-refractivity contribution in [3.8, 4) is 0 Å². The van der Waals surface area contributed by atoms with Gasteiger partial charge in [-0.1, -0.05) is 11.6 Å². The van der Waals surface area contributed by atoms with Crippen LogP contribution in [-0.4, -0.2) is 40.6 Å². The summed E-state index contributed by atoms with van der Waals surface area (Å²) >= 11 is 0. The van der Waals surface area contributed by atoms with Crippen LogP contribution >= 0.6 is 0 Å². The number of carbonyl (C=O) groups excluding carboxylic acids is 1. The van der Waals surface area contributed by atoms with Gasteiger partial charge in [-0.3, -0.25) is 9.59 Å². The minimum atomic E-state index is -1.04. The lowest BCUT2D eigenvalue weighted by molar-refractivity contribution is -0.137. The number of aryl methyl sites for hydroxylation is 1.